The highest BCUT2D eigenvalue weighted by Gasteiger charge is 2.26. The lowest BCUT2D eigenvalue weighted by Crippen LogP contribution is -2.27. The summed E-state index contributed by atoms with van der Waals surface area (Å²) in [6.45, 7) is 6.62. The van der Waals surface area contributed by atoms with E-state index in [9.17, 15) is 18.0 Å². The zero-order chi connectivity index (χ0) is 22.1. The fourth-order valence-electron chi connectivity index (χ4n) is 3.22. The molecule has 0 saturated carbocycles. The van der Waals surface area contributed by atoms with E-state index in [1.807, 2.05) is 0 Å². The molecule has 0 aliphatic carbocycles. The predicted molar refractivity (Wildman–Crippen MR) is 112 cm³/mol. The first-order valence-corrected chi connectivity index (χ1v) is 10.5. The van der Waals surface area contributed by atoms with Crippen LogP contribution in [0.1, 0.15) is 46.0 Å². The monoisotopic (exact) mass is 421 g/mol. The van der Waals surface area contributed by atoms with Gasteiger partial charge in [-0.2, -0.15) is 0 Å². The first-order valence-electron chi connectivity index (χ1n) is 9.03. The van der Waals surface area contributed by atoms with Crippen molar-refractivity contribution >= 4 is 27.3 Å². The molecule has 1 atom stereocenters. The third-order valence-corrected chi connectivity index (χ3v) is 6.57. The fraction of sp³-hybridized carbons (Fsp3) is 0.400. The normalized spacial score (nSPS) is 12.7. The van der Waals surface area contributed by atoms with E-state index in [1.54, 1.807) is 26.8 Å². The van der Waals surface area contributed by atoms with Crippen LogP contribution in [0, 0.1) is 13.8 Å². The van der Waals surface area contributed by atoms with Crippen LogP contribution in [0.15, 0.2) is 23.1 Å². The van der Waals surface area contributed by atoms with Crippen LogP contribution in [0.3, 0.4) is 0 Å². The summed E-state index contributed by atoms with van der Waals surface area (Å²) >= 11 is 0. The van der Waals surface area contributed by atoms with Crippen molar-refractivity contribution in [3.05, 3.63) is 40.7 Å². The summed E-state index contributed by atoms with van der Waals surface area (Å²) < 4.78 is 31.4. The van der Waals surface area contributed by atoms with E-state index < -0.39 is 16.1 Å². The Balaban J connectivity index is 2.36. The minimum Gasteiger partial charge on any atom is -0.495 e. The van der Waals surface area contributed by atoms with Crippen LogP contribution in [0.4, 0.5) is 5.69 Å². The second-order valence-electron chi connectivity index (χ2n) is 7.06. The summed E-state index contributed by atoms with van der Waals surface area (Å²) in [6.07, 6.45) is 0. The van der Waals surface area contributed by atoms with Gasteiger partial charge in [0.1, 0.15) is 10.6 Å². The van der Waals surface area contributed by atoms with Crippen LogP contribution in [0.2, 0.25) is 0 Å². The molecule has 1 aromatic carbocycles. The first-order chi connectivity index (χ1) is 13.4. The van der Waals surface area contributed by atoms with Gasteiger partial charge in [-0.15, -0.1) is 0 Å². The number of carbonyl (C=O) groups is 2. The van der Waals surface area contributed by atoms with Gasteiger partial charge >= 0.3 is 0 Å². The highest BCUT2D eigenvalue weighted by molar-refractivity contribution is 7.89. The number of aromatic nitrogens is 1. The van der Waals surface area contributed by atoms with Gasteiger partial charge in [-0.05, 0) is 51.5 Å². The molecule has 158 valence electrons. The Bertz CT molecular complexity index is 1050. The summed E-state index contributed by atoms with van der Waals surface area (Å²) in [4.78, 5) is 27.7. The standard InChI is InChI=1S/C20H27N3O5S/c1-11-18(14(4)24)12(2)22-19(11)20(25)13(3)21-15-8-9-16(28-7)17(10-15)29(26,27)23(5)6/h8-10,13,21-22H,1-7H3/t13-/m1/s1. The number of nitrogens with one attached hydrogen (secondary N) is 2. The Morgan fingerprint density at radius 1 is 1.21 bits per heavy atom. The van der Waals surface area contributed by atoms with Crippen LogP contribution < -0.4 is 10.1 Å². The maximum Gasteiger partial charge on any atom is 0.246 e. The number of sulfonamides is 1. The van der Waals surface area contributed by atoms with Gasteiger partial charge in [-0.25, -0.2) is 12.7 Å². The Morgan fingerprint density at radius 3 is 2.31 bits per heavy atom. The summed E-state index contributed by atoms with van der Waals surface area (Å²) in [5.41, 5.74) is 2.60. The fourth-order valence-corrected chi connectivity index (χ4v) is 4.30. The molecule has 0 aliphatic heterocycles. The second-order valence-corrected chi connectivity index (χ2v) is 9.18. The number of hydrogen-bond acceptors (Lipinski definition) is 6. The molecule has 1 heterocycles. The number of aryl methyl sites for hydroxylation is 1. The number of benzene rings is 1. The van der Waals surface area contributed by atoms with E-state index in [4.69, 9.17) is 4.74 Å². The minimum absolute atomic E-state index is 0.000383. The molecule has 2 N–H and O–H groups in total. The van der Waals surface area contributed by atoms with E-state index in [1.165, 1.54) is 40.3 Å². The number of methoxy groups -OCH3 is 1. The van der Waals surface area contributed by atoms with Gasteiger partial charge in [0, 0.05) is 31.0 Å². The van der Waals surface area contributed by atoms with E-state index >= 15 is 0 Å². The lowest BCUT2D eigenvalue weighted by molar-refractivity contribution is 0.0970. The largest absolute Gasteiger partial charge is 0.495 e. The summed E-state index contributed by atoms with van der Waals surface area (Å²) in [5, 5.41) is 3.04. The zero-order valence-electron chi connectivity index (χ0n) is 17.7. The minimum atomic E-state index is -3.73. The van der Waals surface area contributed by atoms with Gasteiger partial charge in [0.05, 0.1) is 18.8 Å². The lowest BCUT2D eigenvalue weighted by atomic mass is 10.0. The first kappa shape index (κ1) is 22.6. The lowest BCUT2D eigenvalue weighted by Gasteiger charge is -2.18. The molecule has 0 bridgehead atoms. The molecule has 0 aliphatic rings. The third-order valence-electron chi connectivity index (χ3n) is 4.73. The maximum absolute atomic E-state index is 12.9. The molecular formula is C20H27N3O5S. The molecular weight excluding hydrogens is 394 g/mol. The number of anilines is 1. The molecule has 29 heavy (non-hydrogen) atoms. The van der Waals surface area contributed by atoms with Crippen molar-refractivity contribution in [3.63, 3.8) is 0 Å². The SMILES string of the molecule is COc1ccc(N[C@H](C)C(=O)c2[nH]c(C)c(C(C)=O)c2C)cc1S(=O)(=O)N(C)C. The molecule has 0 fully saturated rings. The molecule has 8 nitrogen and oxygen atoms in total. The van der Waals surface area contributed by atoms with E-state index in [0.717, 1.165) is 4.31 Å². The summed E-state index contributed by atoms with van der Waals surface area (Å²) in [5.74, 6) is -0.124. The summed E-state index contributed by atoms with van der Waals surface area (Å²) in [6, 6.07) is 3.96. The van der Waals surface area contributed by atoms with Gasteiger partial charge in [0.15, 0.2) is 5.78 Å². The predicted octanol–water partition coefficient (Wildman–Crippen LogP) is 2.78. The van der Waals surface area contributed by atoms with Gasteiger partial charge in [-0.1, -0.05) is 0 Å². The highest BCUT2D eigenvalue weighted by atomic mass is 32.2. The number of Topliss-reactive ketones (excluding diaryl/α,β-unsaturated/α-hetero) is 2. The van der Waals surface area contributed by atoms with Gasteiger partial charge in [-0.3, -0.25) is 9.59 Å². The van der Waals surface area contributed by atoms with E-state index in [2.05, 4.69) is 10.3 Å². The number of rotatable bonds is 8. The van der Waals surface area contributed by atoms with E-state index in [0.29, 0.717) is 28.2 Å². The zero-order valence-corrected chi connectivity index (χ0v) is 18.5. The van der Waals surface area contributed by atoms with Crippen molar-refractivity contribution < 1.29 is 22.7 Å². The average Bonchev–Trinajstić information content (AvgIpc) is 2.94. The van der Waals surface area contributed by atoms with Crippen molar-refractivity contribution in [1.29, 1.82) is 0 Å². The smallest absolute Gasteiger partial charge is 0.246 e. The average molecular weight is 422 g/mol. The number of carbonyl (C=O) groups excluding carboxylic acids is 2. The molecule has 0 saturated heterocycles. The number of nitrogens with zero attached hydrogens (tertiary/aromatic N) is 1. The van der Waals surface area contributed by atoms with Gasteiger partial charge < -0.3 is 15.0 Å². The summed E-state index contributed by atoms with van der Waals surface area (Å²) in [7, 11) is 0.535. The number of hydrogen-bond donors (Lipinski definition) is 2. The molecule has 2 aromatic rings. The van der Waals surface area contributed by atoms with Crippen molar-refractivity contribution in [2.24, 2.45) is 0 Å². The van der Waals surface area contributed by atoms with Crippen molar-refractivity contribution in [3.8, 4) is 5.75 Å². The molecule has 0 unspecified atom stereocenters. The van der Waals surface area contributed by atoms with Crippen LogP contribution in [0.25, 0.3) is 0 Å². The van der Waals surface area contributed by atoms with Crippen LogP contribution in [-0.2, 0) is 10.0 Å². The topological polar surface area (TPSA) is 109 Å². The molecule has 2 rings (SSSR count). The second kappa shape index (κ2) is 8.38. The van der Waals surface area contributed by atoms with Crippen LogP contribution in [-0.4, -0.2) is 56.5 Å². The Labute approximate surface area is 171 Å². The number of ether oxygens (including phenoxy) is 1. The number of H-pyrrole nitrogens is 1. The van der Waals surface area contributed by atoms with E-state index in [-0.39, 0.29) is 22.2 Å². The Kier molecular flexibility index (Phi) is 6.54. The maximum atomic E-state index is 12.9. The number of ketones is 2. The van der Waals surface area contributed by atoms with Crippen molar-refractivity contribution in [2.45, 2.75) is 38.6 Å². The highest BCUT2D eigenvalue weighted by Crippen LogP contribution is 2.29. The Hall–Kier alpha value is -2.65. The molecule has 0 spiro atoms. The quantitative estimate of drug-likeness (QED) is 0.635. The van der Waals surface area contributed by atoms with Crippen molar-refractivity contribution in [2.75, 3.05) is 26.5 Å². The number of aromatic amines is 1. The van der Waals surface area contributed by atoms with Crippen LogP contribution >= 0.6 is 0 Å². The van der Waals surface area contributed by atoms with Crippen molar-refractivity contribution in [1.82, 2.24) is 9.29 Å². The molecule has 0 amide bonds. The molecule has 0 radical (unpaired) electrons. The third kappa shape index (κ3) is 4.35. The Morgan fingerprint density at radius 2 is 1.83 bits per heavy atom. The molecule has 1 aromatic heterocycles. The van der Waals surface area contributed by atoms with Crippen LogP contribution in [0.5, 0.6) is 5.75 Å². The molecule has 9 heteroatoms. The van der Waals surface area contributed by atoms with Gasteiger partial charge in [0.2, 0.25) is 15.8 Å². The van der Waals surface area contributed by atoms with Gasteiger partial charge in [0.25, 0.3) is 0 Å².